The van der Waals surface area contributed by atoms with Gasteiger partial charge in [-0.15, -0.1) is 0 Å². The highest BCUT2D eigenvalue weighted by atomic mass is 19.2. The molecule has 0 aliphatic carbocycles. The molecule has 0 spiro atoms. The van der Waals surface area contributed by atoms with Crippen LogP contribution in [0.3, 0.4) is 0 Å². The predicted molar refractivity (Wildman–Crippen MR) is 60.3 cm³/mol. The van der Waals surface area contributed by atoms with Crippen molar-refractivity contribution < 1.29 is 8.78 Å². The van der Waals surface area contributed by atoms with E-state index in [9.17, 15) is 8.78 Å². The molecule has 1 heterocycles. The standard InChI is InChI=1S/C13H17F2N/c1-2-13(6-3-7-16-13)9-10-4-5-11(14)12(15)8-10/h4-5,8,16H,2-3,6-7,9H2,1H3. The number of benzene rings is 1. The first-order valence-corrected chi connectivity index (χ1v) is 5.84. The van der Waals surface area contributed by atoms with Gasteiger partial charge in [0.2, 0.25) is 0 Å². The lowest BCUT2D eigenvalue weighted by atomic mass is 9.87. The third-order valence-corrected chi connectivity index (χ3v) is 3.54. The third-order valence-electron chi connectivity index (χ3n) is 3.54. The zero-order chi connectivity index (χ0) is 11.6. The highest BCUT2D eigenvalue weighted by molar-refractivity contribution is 5.21. The van der Waals surface area contributed by atoms with Crippen molar-refractivity contribution in [2.24, 2.45) is 0 Å². The summed E-state index contributed by atoms with van der Waals surface area (Å²) in [5, 5.41) is 3.49. The molecule has 1 aliphatic heterocycles. The summed E-state index contributed by atoms with van der Waals surface area (Å²) < 4.78 is 25.9. The van der Waals surface area contributed by atoms with Crippen molar-refractivity contribution in [2.75, 3.05) is 6.54 Å². The average molecular weight is 225 g/mol. The first kappa shape index (κ1) is 11.5. The predicted octanol–water partition coefficient (Wildman–Crippen LogP) is 3.04. The smallest absolute Gasteiger partial charge is 0.159 e. The lowest BCUT2D eigenvalue weighted by Gasteiger charge is -2.28. The van der Waals surface area contributed by atoms with E-state index in [2.05, 4.69) is 12.2 Å². The van der Waals surface area contributed by atoms with Crippen LogP contribution >= 0.6 is 0 Å². The maximum Gasteiger partial charge on any atom is 0.159 e. The molecule has 1 N–H and O–H groups in total. The molecule has 0 aromatic heterocycles. The largest absolute Gasteiger partial charge is 0.311 e. The van der Waals surface area contributed by atoms with Crippen molar-refractivity contribution in [3.05, 3.63) is 35.4 Å². The normalized spacial score (nSPS) is 24.9. The Morgan fingerprint density at radius 3 is 2.69 bits per heavy atom. The highest BCUT2D eigenvalue weighted by Gasteiger charge is 2.31. The minimum absolute atomic E-state index is 0.0876. The molecule has 2 rings (SSSR count). The lowest BCUT2D eigenvalue weighted by molar-refractivity contribution is 0.359. The molecule has 1 aliphatic rings. The van der Waals surface area contributed by atoms with Crippen LogP contribution in [0.25, 0.3) is 0 Å². The van der Waals surface area contributed by atoms with Gasteiger partial charge in [0.1, 0.15) is 0 Å². The molecule has 1 nitrogen and oxygen atoms in total. The van der Waals surface area contributed by atoms with E-state index in [1.54, 1.807) is 6.07 Å². The van der Waals surface area contributed by atoms with Crippen LogP contribution in [0.5, 0.6) is 0 Å². The Balaban J connectivity index is 2.16. The summed E-state index contributed by atoms with van der Waals surface area (Å²) in [5.41, 5.74) is 0.958. The van der Waals surface area contributed by atoms with E-state index < -0.39 is 11.6 Å². The first-order chi connectivity index (χ1) is 7.65. The average Bonchev–Trinajstić information content (AvgIpc) is 2.73. The van der Waals surface area contributed by atoms with Crippen LogP contribution in [0, 0.1) is 11.6 Å². The number of hydrogen-bond acceptors (Lipinski definition) is 1. The van der Waals surface area contributed by atoms with Crippen LogP contribution in [0.4, 0.5) is 8.78 Å². The van der Waals surface area contributed by atoms with Crippen LogP contribution in [0.15, 0.2) is 18.2 Å². The molecule has 0 radical (unpaired) electrons. The molecule has 3 heteroatoms. The van der Waals surface area contributed by atoms with Gasteiger partial charge in [0, 0.05) is 5.54 Å². The molecule has 16 heavy (non-hydrogen) atoms. The number of nitrogens with one attached hydrogen (secondary N) is 1. The van der Waals surface area contributed by atoms with E-state index >= 15 is 0 Å². The molecule has 1 aromatic rings. The Bertz CT molecular complexity index is 370. The third kappa shape index (κ3) is 2.24. The molecule has 88 valence electrons. The van der Waals surface area contributed by atoms with Gasteiger partial charge in [-0.3, -0.25) is 0 Å². The first-order valence-electron chi connectivity index (χ1n) is 5.84. The summed E-state index contributed by atoms with van der Waals surface area (Å²) >= 11 is 0. The minimum atomic E-state index is -0.770. The molecule has 1 unspecified atom stereocenters. The summed E-state index contributed by atoms with van der Waals surface area (Å²) in [4.78, 5) is 0. The zero-order valence-electron chi connectivity index (χ0n) is 9.52. The molecule has 1 atom stereocenters. The zero-order valence-corrected chi connectivity index (χ0v) is 9.52. The fourth-order valence-corrected chi connectivity index (χ4v) is 2.49. The van der Waals surface area contributed by atoms with E-state index in [1.807, 2.05) is 0 Å². The topological polar surface area (TPSA) is 12.0 Å². The van der Waals surface area contributed by atoms with Gasteiger partial charge in [0.05, 0.1) is 0 Å². The maximum absolute atomic E-state index is 13.1. The van der Waals surface area contributed by atoms with Crippen molar-refractivity contribution in [1.82, 2.24) is 5.32 Å². The van der Waals surface area contributed by atoms with Crippen molar-refractivity contribution in [2.45, 2.75) is 38.1 Å². The number of halogens is 2. The molecular formula is C13H17F2N. The molecule has 0 saturated carbocycles. The van der Waals surface area contributed by atoms with Gasteiger partial charge >= 0.3 is 0 Å². The minimum Gasteiger partial charge on any atom is -0.311 e. The van der Waals surface area contributed by atoms with Crippen molar-refractivity contribution >= 4 is 0 Å². The molecule has 0 amide bonds. The van der Waals surface area contributed by atoms with Crippen molar-refractivity contribution in [3.8, 4) is 0 Å². The molecule has 1 saturated heterocycles. The summed E-state index contributed by atoms with van der Waals surface area (Å²) in [5.74, 6) is -1.52. The van der Waals surface area contributed by atoms with Gasteiger partial charge in [-0.2, -0.15) is 0 Å². The van der Waals surface area contributed by atoms with Crippen LogP contribution in [0.2, 0.25) is 0 Å². The lowest BCUT2D eigenvalue weighted by Crippen LogP contribution is -2.41. The molecule has 0 bridgehead atoms. The second kappa shape index (κ2) is 4.50. The summed E-state index contributed by atoms with van der Waals surface area (Å²) in [6.45, 7) is 3.16. The number of hydrogen-bond donors (Lipinski definition) is 1. The Morgan fingerprint density at radius 1 is 1.31 bits per heavy atom. The van der Waals surface area contributed by atoms with Crippen LogP contribution in [-0.2, 0) is 6.42 Å². The van der Waals surface area contributed by atoms with E-state index in [-0.39, 0.29) is 5.54 Å². The molecule has 1 fully saturated rings. The van der Waals surface area contributed by atoms with Gasteiger partial charge in [-0.25, -0.2) is 8.78 Å². The van der Waals surface area contributed by atoms with E-state index in [4.69, 9.17) is 0 Å². The Kier molecular flexibility index (Phi) is 3.24. The Labute approximate surface area is 94.9 Å². The van der Waals surface area contributed by atoms with E-state index in [0.29, 0.717) is 0 Å². The second-order valence-corrected chi connectivity index (χ2v) is 4.59. The monoisotopic (exact) mass is 225 g/mol. The van der Waals surface area contributed by atoms with Gasteiger partial charge in [0.15, 0.2) is 11.6 Å². The Hall–Kier alpha value is -0.960. The quantitative estimate of drug-likeness (QED) is 0.833. The fraction of sp³-hybridized carbons (Fsp3) is 0.538. The van der Waals surface area contributed by atoms with E-state index in [0.717, 1.165) is 37.8 Å². The second-order valence-electron chi connectivity index (χ2n) is 4.59. The van der Waals surface area contributed by atoms with Crippen molar-refractivity contribution in [3.63, 3.8) is 0 Å². The van der Waals surface area contributed by atoms with Gasteiger partial charge < -0.3 is 5.32 Å². The van der Waals surface area contributed by atoms with Crippen LogP contribution in [0.1, 0.15) is 31.7 Å². The summed E-state index contributed by atoms with van der Waals surface area (Å²) in [7, 11) is 0. The van der Waals surface area contributed by atoms with Crippen LogP contribution in [-0.4, -0.2) is 12.1 Å². The highest BCUT2D eigenvalue weighted by Crippen LogP contribution is 2.27. The Morgan fingerprint density at radius 2 is 2.12 bits per heavy atom. The summed E-state index contributed by atoms with van der Waals surface area (Å²) in [6.07, 6.45) is 4.08. The molecular weight excluding hydrogens is 208 g/mol. The SMILES string of the molecule is CCC1(Cc2ccc(F)c(F)c2)CCCN1. The van der Waals surface area contributed by atoms with Crippen LogP contribution < -0.4 is 5.32 Å². The maximum atomic E-state index is 13.1. The van der Waals surface area contributed by atoms with Crippen molar-refractivity contribution in [1.29, 1.82) is 0 Å². The van der Waals surface area contributed by atoms with Gasteiger partial charge in [-0.05, 0) is 49.9 Å². The van der Waals surface area contributed by atoms with Gasteiger partial charge in [-0.1, -0.05) is 13.0 Å². The fourth-order valence-electron chi connectivity index (χ4n) is 2.49. The van der Waals surface area contributed by atoms with E-state index in [1.165, 1.54) is 12.1 Å². The van der Waals surface area contributed by atoms with Gasteiger partial charge in [0.25, 0.3) is 0 Å². The number of rotatable bonds is 3. The molecule has 1 aromatic carbocycles. The summed E-state index contributed by atoms with van der Waals surface area (Å²) in [6, 6.07) is 4.20.